The van der Waals surface area contributed by atoms with Gasteiger partial charge in [-0.05, 0) is 50.2 Å². The van der Waals surface area contributed by atoms with Gasteiger partial charge in [0.05, 0.1) is 16.8 Å². The highest BCUT2D eigenvalue weighted by molar-refractivity contribution is 7.91. The molecule has 1 aliphatic heterocycles. The zero-order valence-electron chi connectivity index (χ0n) is 16.2. The Balaban J connectivity index is 1.83. The summed E-state index contributed by atoms with van der Waals surface area (Å²) in [5.41, 5.74) is 2.23. The van der Waals surface area contributed by atoms with E-state index in [1.807, 2.05) is 12.1 Å². The molecule has 1 aliphatic carbocycles. The largest absolute Gasteiger partial charge is 0.229 e. The second kappa shape index (κ2) is 8.21. The first-order valence-electron chi connectivity index (χ1n) is 9.99. The van der Waals surface area contributed by atoms with Gasteiger partial charge in [-0.3, -0.25) is 0 Å². The van der Waals surface area contributed by atoms with Crippen molar-refractivity contribution >= 4 is 19.9 Å². The molecule has 27 heavy (non-hydrogen) atoms. The quantitative estimate of drug-likeness (QED) is 0.803. The Bertz CT molecular complexity index is 838. The lowest BCUT2D eigenvalue weighted by Gasteiger charge is -2.33. The minimum absolute atomic E-state index is 0.00105. The molecular formula is C20H31NO4S2. The topological polar surface area (TPSA) is 80.3 Å². The molecule has 7 heteroatoms. The standard InChI is InChI=1S/C20H31NO4S2/c1-15(2)27(24,25)21-20-12-13-26(22,23)14-19(20)18-10-8-17(9-11-18)16-6-4-3-5-7-16/h8-11,15-16,19-21H,3-7,12-14H2,1-2H3. The summed E-state index contributed by atoms with van der Waals surface area (Å²) in [6.07, 6.45) is 6.61. The van der Waals surface area contributed by atoms with Crippen LogP contribution in [0.15, 0.2) is 24.3 Å². The van der Waals surface area contributed by atoms with Crippen LogP contribution >= 0.6 is 0 Å². The van der Waals surface area contributed by atoms with Gasteiger partial charge < -0.3 is 0 Å². The number of sulfone groups is 1. The van der Waals surface area contributed by atoms with Crippen LogP contribution in [0.2, 0.25) is 0 Å². The molecule has 1 saturated heterocycles. The molecule has 0 bridgehead atoms. The van der Waals surface area contributed by atoms with Crippen LogP contribution in [0.5, 0.6) is 0 Å². The predicted molar refractivity (Wildman–Crippen MR) is 109 cm³/mol. The molecule has 3 rings (SSSR count). The molecule has 0 amide bonds. The molecule has 1 heterocycles. The SMILES string of the molecule is CC(C)S(=O)(=O)NC1CCS(=O)(=O)CC1c1ccc(C2CCCCC2)cc1. The van der Waals surface area contributed by atoms with Gasteiger partial charge in [0.25, 0.3) is 0 Å². The van der Waals surface area contributed by atoms with Gasteiger partial charge in [-0.25, -0.2) is 21.6 Å². The maximum atomic E-state index is 12.3. The first-order chi connectivity index (χ1) is 12.7. The zero-order valence-corrected chi connectivity index (χ0v) is 17.9. The van der Waals surface area contributed by atoms with Crippen molar-refractivity contribution in [1.82, 2.24) is 4.72 Å². The monoisotopic (exact) mass is 413 g/mol. The summed E-state index contributed by atoms with van der Waals surface area (Å²) in [6, 6.07) is 7.86. The lowest BCUT2D eigenvalue weighted by atomic mass is 9.83. The summed E-state index contributed by atoms with van der Waals surface area (Å²) in [5, 5.41) is -0.537. The van der Waals surface area contributed by atoms with Gasteiger partial charge in [0.15, 0.2) is 9.84 Å². The number of hydrogen-bond donors (Lipinski definition) is 1. The van der Waals surface area contributed by atoms with Crippen molar-refractivity contribution < 1.29 is 16.8 Å². The van der Waals surface area contributed by atoms with Crippen LogP contribution in [-0.4, -0.2) is 39.6 Å². The third kappa shape index (κ3) is 5.12. The maximum absolute atomic E-state index is 12.3. The Morgan fingerprint density at radius 2 is 1.56 bits per heavy atom. The first kappa shape index (κ1) is 20.8. The summed E-state index contributed by atoms with van der Waals surface area (Å²) in [5.74, 6) is 0.298. The fourth-order valence-corrected chi connectivity index (χ4v) is 6.98. The molecule has 1 aromatic carbocycles. The van der Waals surface area contributed by atoms with E-state index >= 15 is 0 Å². The second-order valence-corrected chi connectivity index (χ2v) is 12.8. The normalized spacial score (nSPS) is 26.9. The van der Waals surface area contributed by atoms with Gasteiger partial charge in [0.2, 0.25) is 10.0 Å². The van der Waals surface area contributed by atoms with Crippen molar-refractivity contribution in [1.29, 1.82) is 0 Å². The molecule has 0 radical (unpaired) electrons. The molecule has 2 aliphatic rings. The van der Waals surface area contributed by atoms with Crippen molar-refractivity contribution in [3.63, 3.8) is 0 Å². The minimum Gasteiger partial charge on any atom is -0.229 e. The Hall–Kier alpha value is -0.920. The van der Waals surface area contributed by atoms with Crippen molar-refractivity contribution in [2.75, 3.05) is 11.5 Å². The Morgan fingerprint density at radius 1 is 0.963 bits per heavy atom. The van der Waals surface area contributed by atoms with E-state index in [0.29, 0.717) is 12.3 Å². The molecule has 1 N–H and O–H groups in total. The number of nitrogens with one attached hydrogen (secondary N) is 1. The molecule has 1 saturated carbocycles. The van der Waals surface area contributed by atoms with Gasteiger partial charge in [0.1, 0.15) is 0 Å². The van der Waals surface area contributed by atoms with E-state index in [0.717, 1.165) is 5.56 Å². The van der Waals surface area contributed by atoms with Gasteiger partial charge >= 0.3 is 0 Å². The lowest BCUT2D eigenvalue weighted by Crippen LogP contribution is -2.48. The zero-order chi connectivity index (χ0) is 19.7. The number of rotatable bonds is 5. The van der Waals surface area contributed by atoms with E-state index in [-0.39, 0.29) is 23.5 Å². The van der Waals surface area contributed by atoms with Gasteiger partial charge in [-0.15, -0.1) is 0 Å². The van der Waals surface area contributed by atoms with Crippen LogP contribution < -0.4 is 4.72 Å². The Kier molecular flexibility index (Phi) is 6.33. The van der Waals surface area contributed by atoms with E-state index in [2.05, 4.69) is 16.9 Å². The smallest absolute Gasteiger partial charge is 0.214 e. The first-order valence-corrected chi connectivity index (χ1v) is 13.4. The van der Waals surface area contributed by atoms with Crippen LogP contribution in [0.25, 0.3) is 0 Å². The highest BCUT2D eigenvalue weighted by atomic mass is 32.2. The third-order valence-corrected chi connectivity index (χ3v) is 9.63. The molecule has 0 spiro atoms. The van der Waals surface area contributed by atoms with E-state index in [1.165, 1.54) is 37.7 Å². The summed E-state index contributed by atoms with van der Waals surface area (Å²) < 4.78 is 51.9. The number of benzene rings is 1. The van der Waals surface area contributed by atoms with E-state index in [1.54, 1.807) is 13.8 Å². The van der Waals surface area contributed by atoms with Gasteiger partial charge in [0, 0.05) is 12.0 Å². The van der Waals surface area contributed by atoms with Gasteiger partial charge in [-0.1, -0.05) is 43.5 Å². The van der Waals surface area contributed by atoms with Crippen LogP contribution in [-0.2, 0) is 19.9 Å². The molecular weight excluding hydrogens is 382 g/mol. The number of hydrogen-bond acceptors (Lipinski definition) is 4. The van der Waals surface area contributed by atoms with Crippen molar-refractivity contribution in [3.05, 3.63) is 35.4 Å². The lowest BCUT2D eigenvalue weighted by molar-refractivity contribution is 0.443. The summed E-state index contributed by atoms with van der Waals surface area (Å²) >= 11 is 0. The van der Waals surface area contributed by atoms with Crippen molar-refractivity contribution in [2.45, 2.75) is 75.5 Å². The second-order valence-electron chi connectivity index (χ2n) is 8.33. The molecule has 2 atom stereocenters. The van der Waals surface area contributed by atoms with Crippen LogP contribution in [0, 0.1) is 0 Å². The summed E-state index contributed by atoms with van der Waals surface area (Å²) in [6.45, 7) is 3.27. The fraction of sp³-hybridized carbons (Fsp3) is 0.700. The molecule has 2 unspecified atom stereocenters. The average molecular weight is 414 g/mol. The highest BCUT2D eigenvalue weighted by Crippen LogP contribution is 2.35. The Morgan fingerprint density at radius 3 is 2.15 bits per heavy atom. The third-order valence-electron chi connectivity index (χ3n) is 6.04. The molecule has 2 fully saturated rings. The molecule has 5 nitrogen and oxygen atoms in total. The van der Waals surface area contributed by atoms with Crippen molar-refractivity contribution in [3.8, 4) is 0 Å². The maximum Gasteiger partial charge on any atom is 0.214 e. The van der Waals surface area contributed by atoms with Crippen molar-refractivity contribution in [2.24, 2.45) is 0 Å². The molecule has 0 aromatic heterocycles. The highest BCUT2D eigenvalue weighted by Gasteiger charge is 2.37. The molecule has 1 aromatic rings. The summed E-state index contributed by atoms with van der Waals surface area (Å²) in [4.78, 5) is 0. The van der Waals surface area contributed by atoms with Crippen LogP contribution in [0.3, 0.4) is 0 Å². The fourth-order valence-electron chi connectivity index (χ4n) is 4.25. The van der Waals surface area contributed by atoms with Crippen LogP contribution in [0.4, 0.5) is 0 Å². The minimum atomic E-state index is -3.45. The molecule has 152 valence electrons. The van der Waals surface area contributed by atoms with E-state index in [4.69, 9.17) is 0 Å². The average Bonchev–Trinajstić information content (AvgIpc) is 2.64. The van der Waals surface area contributed by atoms with Gasteiger partial charge in [-0.2, -0.15) is 0 Å². The predicted octanol–water partition coefficient (Wildman–Crippen LogP) is 3.33. The van der Waals surface area contributed by atoms with E-state index in [9.17, 15) is 16.8 Å². The summed E-state index contributed by atoms with van der Waals surface area (Å²) in [7, 11) is -6.60. The van der Waals surface area contributed by atoms with E-state index < -0.39 is 25.1 Å². The number of sulfonamides is 1. The Labute approximate surface area is 163 Å². The van der Waals surface area contributed by atoms with Crippen LogP contribution in [0.1, 0.15) is 75.3 Å².